The molecule has 2 aromatic rings. The van der Waals surface area contributed by atoms with E-state index in [9.17, 15) is 0 Å². The lowest BCUT2D eigenvalue weighted by atomic mass is 10.2. The fourth-order valence-corrected chi connectivity index (χ4v) is 2.60. The summed E-state index contributed by atoms with van der Waals surface area (Å²) in [5.41, 5.74) is 0.625. The molecular weight excluding hydrogens is 290 g/mol. The SMILES string of the molecule is N#Cc1cccc(OCCN2CCN(c3cnccn3)CC2)c1. The van der Waals surface area contributed by atoms with Gasteiger partial charge in [0, 0.05) is 45.1 Å². The molecule has 6 heteroatoms. The molecule has 0 bridgehead atoms. The van der Waals surface area contributed by atoms with Crippen molar-refractivity contribution in [3.8, 4) is 11.8 Å². The van der Waals surface area contributed by atoms with Crippen LogP contribution in [0.1, 0.15) is 5.56 Å². The quantitative estimate of drug-likeness (QED) is 0.835. The normalized spacial score (nSPS) is 15.2. The van der Waals surface area contributed by atoms with Gasteiger partial charge < -0.3 is 9.64 Å². The van der Waals surface area contributed by atoms with E-state index in [1.54, 1.807) is 30.7 Å². The Kier molecular flexibility index (Phi) is 5.02. The third-order valence-corrected chi connectivity index (χ3v) is 3.89. The topological polar surface area (TPSA) is 65.3 Å². The van der Waals surface area contributed by atoms with Crippen molar-refractivity contribution in [2.45, 2.75) is 0 Å². The molecule has 118 valence electrons. The van der Waals surface area contributed by atoms with Crippen LogP contribution in [0.4, 0.5) is 5.82 Å². The summed E-state index contributed by atoms with van der Waals surface area (Å²) < 4.78 is 5.73. The molecule has 0 saturated carbocycles. The van der Waals surface area contributed by atoms with Crippen LogP contribution in [-0.4, -0.2) is 54.2 Å². The van der Waals surface area contributed by atoms with Gasteiger partial charge in [0.1, 0.15) is 18.2 Å². The van der Waals surface area contributed by atoms with Crippen molar-refractivity contribution >= 4 is 5.82 Å². The van der Waals surface area contributed by atoms with Gasteiger partial charge in [-0.05, 0) is 18.2 Å². The standard InChI is InChI=1S/C17H19N5O/c18-13-15-2-1-3-16(12-15)23-11-10-21-6-8-22(9-7-21)17-14-19-4-5-20-17/h1-5,12,14H,6-11H2. The summed E-state index contributed by atoms with van der Waals surface area (Å²) in [6, 6.07) is 9.39. The van der Waals surface area contributed by atoms with Crippen LogP contribution in [-0.2, 0) is 0 Å². The molecule has 0 N–H and O–H groups in total. The minimum atomic E-state index is 0.625. The van der Waals surface area contributed by atoms with E-state index in [1.807, 2.05) is 12.1 Å². The maximum absolute atomic E-state index is 8.88. The van der Waals surface area contributed by atoms with E-state index in [1.165, 1.54) is 0 Å². The maximum atomic E-state index is 8.88. The number of rotatable bonds is 5. The van der Waals surface area contributed by atoms with Crippen LogP contribution in [0.5, 0.6) is 5.75 Å². The van der Waals surface area contributed by atoms with Crippen molar-refractivity contribution in [1.82, 2.24) is 14.9 Å². The van der Waals surface area contributed by atoms with Crippen molar-refractivity contribution in [3.63, 3.8) is 0 Å². The van der Waals surface area contributed by atoms with Gasteiger partial charge in [-0.25, -0.2) is 4.98 Å². The van der Waals surface area contributed by atoms with E-state index in [0.717, 1.165) is 44.3 Å². The summed E-state index contributed by atoms with van der Waals surface area (Å²) in [6.45, 7) is 5.37. The number of hydrogen-bond donors (Lipinski definition) is 0. The van der Waals surface area contributed by atoms with Gasteiger partial charge in [-0.3, -0.25) is 9.88 Å². The van der Waals surface area contributed by atoms with Crippen molar-refractivity contribution in [2.75, 3.05) is 44.2 Å². The lowest BCUT2D eigenvalue weighted by molar-refractivity contribution is 0.200. The Balaban J connectivity index is 1.42. The van der Waals surface area contributed by atoms with Crippen molar-refractivity contribution in [1.29, 1.82) is 5.26 Å². The van der Waals surface area contributed by atoms with Crippen LogP contribution in [0.15, 0.2) is 42.9 Å². The van der Waals surface area contributed by atoms with Gasteiger partial charge in [0.25, 0.3) is 0 Å². The molecule has 1 aliphatic heterocycles. The number of piperazine rings is 1. The van der Waals surface area contributed by atoms with Crippen LogP contribution >= 0.6 is 0 Å². The van der Waals surface area contributed by atoms with Crippen molar-refractivity contribution in [2.24, 2.45) is 0 Å². The summed E-state index contributed by atoms with van der Waals surface area (Å²) in [7, 11) is 0. The molecule has 0 radical (unpaired) electrons. The zero-order valence-electron chi connectivity index (χ0n) is 12.9. The molecule has 3 rings (SSSR count). The zero-order chi connectivity index (χ0) is 15.9. The van der Waals surface area contributed by atoms with Crippen LogP contribution in [0.2, 0.25) is 0 Å². The molecule has 1 fully saturated rings. The first kappa shape index (κ1) is 15.3. The molecule has 1 aliphatic rings. The number of hydrogen-bond acceptors (Lipinski definition) is 6. The molecule has 6 nitrogen and oxygen atoms in total. The predicted octanol–water partition coefficient (Wildman–Crippen LogP) is 1.55. The molecule has 1 aromatic heterocycles. The van der Waals surface area contributed by atoms with Gasteiger partial charge in [0.15, 0.2) is 0 Å². The van der Waals surface area contributed by atoms with Gasteiger partial charge in [-0.15, -0.1) is 0 Å². The number of anilines is 1. The molecule has 2 heterocycles. The van der Waals surface area contributed by atoms with E-state index in [0.29, 0.717) is 12.2 Å². The van der Waals surface area contributed by atoms with E-state index < -0.39 is 0 Å². The highest BCUT2D eigenvalue weighted by molar-refractivity contribution is 5.36. The third kappa shape index (κ3) is 4.18. The first-order valence-corrected chi connectivity index (χ1v) is 7.71. The van der Waals surface area contributed by atoms with Crippen LogP contribution in [0, 0.1) is 11.3 Å². The van der Waals surface area contributed by atoms with Crippen molar-refractivity contribution < 1.29 is 4.74 Å². The fourth-order valence-electron chi connectivity index (χ4n) is 2.60. The summed E-state index contributed by atoms with van der Waals surface area (Å²) >= 11 is 0. The lowest BCUT2D eigenvalue weighted by Gasteiger charge is -2.35. The van der Waals surface area contributed by atoms with E-state index >= 15 is 0 Å². The average Bonchev–Trinajstić information content (AvgIpc) is 2.63. The Morgan fingerprint density at radius 3 is 2.78 bits per heavy atom. The van der Waals surface area contributed by atoms with Crippen molar-refractivity contribution in [3.05, 3.63) is 48.4 Å². The zero-order valence-corrected chi connectivity index (χ0v) is 12.9. The summed E-state index contributed by atoms with van der Waals surface area (Å²) in [5.74, 6) is 1.69. The summed E-state index contributed by atoms with van der Waals surface area (Å²) in [5, 5.41) is 8.88. The Labute approximate surface area is 136 Å². The maximum Gasteiger partial charge on any atom is 0.147 e. The molecule has 0 spiro atoms. The Morgan fingerprint density at radius 1 is 1.17 bits per heavy atom. The third-order valence-electron chi connectivity index (χ3n) is 3.89. The second-order valence-corrected chi connectivity index (χ2v) is 5.38. The predicted molar refractivity (Wildman–Crippen MR) is 87.3 cm³/mol. The number of benzene rings is 1. The number of ether oxygens (including phenoxy) is 1. The number of aromatic nitrogens is 2. The van der Waals surface area contributed by atoms with Gasteiger partial charge in [-0.1, -0.05) is 6.07 Å². The number of nitrogens with zero attached hydrogens (tertiary/aromatic N) is 5. The largest absolute Gasteiger partial charge is 0.492 e. The average molecular weight is 309 g/mol. The number of nitriles is 1. The Hall–Kier alpha value is -2.65. The first-order valence-electron chi connectivity index (χ1n) is 7.71. The first-order chi connectivity index (χ1) is 11.3. The highest BCUT2D eigenvalue weighted by Crippen LogP contribution is 2.13. The summed E-state index contributed by atoms with van der Waals surface area (Å²) in [6.07, 6.45) is 5.23. The van der Waals surface area contributed by atoms with E-state index in [-0.39, 0.29) is 0 Å². The summed E-state index contributed by atoms with van der Waals surface area (Å²) in [4.78, 5) is 13.1. The van der Waals surface area contributed by atoms with Gasteiger partial charge >= 0.3 is 0 Å². The molecule has 0 unspecified atom stereocenters. The Morgan fingerprint density at radius 2 is 2.04 bits per heavy atom. The molecule has 0 amide bonds. The minimum Gasteiger partial charge on any atom is -0.492 e. The molecule has 23 heavy (non-hydrogen) atoms. The Bertz CT molecular complexity index is 662. The van der Waals surface area contributed by atoms with E-state index in [4.69, 9.17) is 10.00 Å². The van der Waals surface area contributed by atoms with Gasteiger partial charge in [0.2, 0.25) is 0 Å². The second kappa shape index (κ2) is 7.56. The molecule has 0 atom stereocenters. The lowest BCUT2D eigenvalue weighted by Crippen LogP contribution is -2.47. The van der Waals surface area contributed by atoms with Crippen LogP contribution < -0.4 is 9.64 Å². The van der Waals surface area contributed by atoms with Gasteiger partial charge in [-0.2, -0.15) is 5.26 Å². The van der Waals surface area contributed by atoms with Crippen LogP contribution in [0.3, 0.4) is 0 Å². The molecule has 0 aliphatic carbocycles. The highest BCUT2D eigenvalue weighted by Gasteiger charge is 2.17. The molecule has 1 saturated heterocycles. The highest BCUT2D eigenvalue weighted by atomic mass is 16.5. The van der Waals surface area contributed by atoms with Crippen LogP contribution in [0.25, 0.3) is 0 Å². The minimum absolute atomic E-state index is 0.625. The molecular formula is C17H19N5O. The smallest absolute Gasteiger partial charge is 0.147 e. The van der Waals surface area contributed by atoms with Gasteiger partial charge in [0.05, 0.1) is 17.8 Å². The monoisotopic (exact) mass is 309 g/mol. The molecule has 1 aromatic carbocycles. The van der Waals surface area contributed by atoms with E-state index in [2.05, 4.69) is 25.8 Å². The second-order valence-electron chi connectivity index (χ2n) is 5.38. The fraction of sp³-hybridized carbons (Fsp3) is 0.353.